The van der Waals surface area contributed by atoms with Crippen molar-refractivity contribution in [2.75, 3.05) is 26.2 Å². The first kappa shape index (κ1) is 16.8. The maximum absolute atomic E-state index is 12.3. The Morgan fingerprint density at radius 1 is 1.33 bits per heavy atom. The van der Waals surface area contributed by atoms with E-state index >= 15 is 0 Å². The molecule has 24 heavy (non-hydrogen) atoms. The van der Waals surface area contributed by atoms with E-state index in [1.165, 1.54) is 17.5 Å². The molecule has 0 spiro atoms. The Bertz CT molecular complexity index is 646. The molecule has 1 aromatic rings. The molecule has 1 unspecified atom stereocenters. The first-order chi connectivity index (χ1) is 11.5. The molecule has 1 aromatic carbocycles. The lowest BCUT2D eigenvalue weighted by Crippen LogP contribution is -2.48. The number of aryl methyl sites for hydroxylation is 2. The standard InChI is InChI=1S/C18H24N2O4/c1-18(19-10-17(22)23)7-8-20(12-18)16(21)11-24-15-6-5-13-3-2-4-14(13)9-15/h5-6,9,19H,2-4,7-8,10-12H2,1H3,(H,22,23). The third-order valence-electron chi connectivity index (χ3n) is 4.92. The number of nitrogens with zero attached hydrogens (tertiary/aromatic N) is 1. The number of benzene rings is 1. The average molecular weight is 332 g/mol. The smallest absolute Gasteiger partial charge is 0.317 e. The molecule has 0 bridgehead atoms. The Morgan fingerprint density at radius 2 is 2.12 bits per heavy atom. The number of carbonyl (C=O) groups excluding carboxylic acids is 1. The van der Waals surface area contributed by atoms with E-state index in [2.05, 4.69) is 11.4 Å². The fourth-order valence-electron chi connectivity index (χ4n) is 3.48. The zero-order valence-corrected chi connectivity index (χ0v) is 14.0. The number of hydrogen-bond acceptors (Lipinski definition) is 4. The maximum Gasteiger partial charge on any atom is 0.317 e. The van der Waals surface area contributed by atoms with Crippen molar-refractivity contribution in [3.8, 4) is 5.75 Å². The minimum atomic E-state index is -0.888. The molecule has 1 aliphatic carbocycles. The number of carbonyl (C=O) groups is 2. The van der Waals surface area contributed by atoms with Crippen molar-refractivity contribution in [2.45, 2.75) is 38.1 Å². The van der Waals surface area contributed by atoms with E-state index < -0.39 is 5.97 Å². The number of aliphatic carboxylic acids is 1. The van der Waals surface area contributed by atoms with E-state index in [4.69, 9.17) is 9.84 Å². The van der Waals surface area contributed by atoms with Gasteiger partial charge in [0.2, 0.25) is 0 Å². The predicted molar refractivity (Wildman–Crippen MR) is 89.2 cm³/mol. The highest BCUT2D eigenvalue weighted by molar-refractivity contribution is 5.78. The molecular weight excluding hydrogens is 308 g/mol. The number of nitrogens with one attached hydrogen (secondary N) is 1. The predicted octanol–water partition coefficient (Wildman–Crippen LogP) is 1.22. The van der Waals surface area contributed by atoms with Crippen LogP contribution in [0, 0.1) is 0 Å². The topological polar surface area (TPSA) is 78.9 Å². The Hall–Kier alpha value is -2.08. The maximum atomic E-state index is 12.3. The van der Waals surface area contributed by atoms with Crippen LogP contribution in [0.15, 0.2) is 18.2 Å². The molecule has 1 heterocycles. The van der Waals surface area contributed by atoms with Crippen LogP contribution >= 0.6 is 0 Å². The van der Waals surface area contributed by atoms with Gasteiger partial charge in [-0.3, -0.25) is 14.9 Å². The normalized spacial score (nSPS) is 22.5. The van der Waals surface area contributed by atoms with E-state index in [9.17, 15) is 9.59 Å². The summed E-state index contributed by atoms with van der Waals surface area (Å²) in [6.45, 7) is 3.00. The Labute approximate surface area is 141 Å². The molecule has 2 aliphatic rings. The number of fused-ring (bicyclic) bond motifs is 1. The number of carboxylic acid groups (broad SMARTS) is 1. The van der Waals surface area contributed by atoms with Gasteiger partial charge in [-0.25, -0.2) is 0 Å². The second-order valence-electron chi connectivity index (χ2n) is 6.95. The van der Waals surface area contributed by atoms with Crippen molar-refractivity contribution in [3.05, 3.63) is 29.3 Å². The number of amides is 1. The van der Waals surface area contributed by atoms with E-state index in [0.717, 1.165) is 25.0 Å². The highest BCUT2D eigenvalue weighted by atomic mass is 16.5. The zero-order chi connectivity index (χ0) is 17.2. The van der Waals surface area contributed by atoms with Gasteiger partial charge in [-0.1, -0.05) is 6.07 Å². The first-order valence-corrected chi connectivity index (χ1v) is 8.44. The van der Waals surface area contributed by atoms with Gasteiger partial charge in [0.15, 0.2) is 6.61 Å². The molecule has 1 aliphatic heterocycles. The summed E-state index contributed by atoms with van der Waals surface area (Å²) >= 11 is 0. The van der Waals surface area contributed by atoms with Crippen LogP contribution in [-0.2, 0) is 22.4 Å². The summed E-state index contributed by atoms with van der Waals surface area (Å²) in [5.74, 6) is -0.202. The van der Waals surface area contributed by atoms with Crippen molar-refractivity contribution in [3.63, 3.8) is 0 Å². The lowest BCUT2D eigenvalue weighted by atomic mass is 10.0. The van der Waals surface area contributed by atoms with Crippen molar-refractivity contribution < 1.29 is 19.4 Å². The van der Waals surface area contributed by atoms with Crippen LogP contribution in [0.25, 0.3) is 0 Å². The van der Waals surface area contributed by atoms with E-state index in [1.54, 1.807) is 4.90 Å². The van der Waals surface area contributed by atoms with Gasteiger partial charge in [0.05, 0.1) is 6.54 Å². The lowest BCUT2D eigenvalue weighted by molar-refractivity contribution is -0.136. The lowest BCUT2D eigenvalue weighted by Gasteiger charge is -2.25. The minimum Gasteiger partial charge on any atom is -0.484 e. The highest BCUT2D eigenvalue weighted by Crippen LogP contribution is 2.26. The molecule has 6 heteroatoms. The SMILES string of the molecule is CC1(NCC(=O)O)CCN(C(=O)COc2ccc3c(c2)CCC3)C1. The minimum absolute atomic E-state index is 0.0216. The second-order valence-corrected chi connectivity index (χ2v) is 6.95. The number of hydrogen-bond donors (Lipinski definition) is 2. The molecular formula is C18H24N2O4. The average Bonchev–Trinajstić information content (AvgIpc) is 3.17. The van der Waals surface area contributed by atoms with Gasteiger partial charge in [-0.2, -0.15) is 0 Å². The highest BCUT2D eigenvalue weighted by Gasteiger charge is 2.36. The summed E-state index contributed by atoms with van der Waals surface area (Å²) in [4.78, 5) is 24.8. The monoisotopic (exact) mass is 332 g/mol. The van der Waals surface area contributed by atoms with Crippen LogP contribution in [-0.4, -0.2) is 53.7 Å². The number of ether oxygens (including phenoxy) is 1. The second kappa shape index (κ2) is 6.81. The van der Waals surface area contributed by atoms with Crippen LogP contribution in [0.1, 0.15) is 30.9 Å². The number of likely N-dealkylation sites (tertiary alicyclic amines) is 1. The van der Waals surface area contributed by atoms with Gasteiger partial charge < -0.3 is 14.7 Å². The fraction of sp³-hybridized carbons (Fsp3) is 0.556. The van der Waals surface area contributed by atoms with Crippen LogP contribution in [0.4, 0.5) is 0 Å². The summed E-state index contributed by atoms with van der Waals surface area (Å²) < 4.78 is 5.67. The van der Waals surface area contributed by atoms with Crippen LogP contribution in [0.5, 0.6) is 5.75 Å². The van der Waals surface area contributed by atoms with Crippen molar-refractivity contribution >= 4 is 11.9 Å². The summed E-state index contributed by atoms with van der Waals surface area (Å²) in [6.07, 6.45) is 4.14. The van der Waals surface area contributed by atoms with Gasteiger partial charge in [-0.05, 0) is 55.9 Å². The van der Waals surface area contributed by atoms with Gasteiger partial charge in [-0.15, -0.1) is 0 Å². The fourth-order valence-corrected chi connectivity index (χ4v) is 3.48. The molecule has 0 aromatic heterocycles. The van der Waals surface area contributed by atoms with Crippen molar-refractivity contribution in [1.29, 1.82) is 0 Å². The van der Waals surface area contributed by atoms with E-state index in [1.807, 2.05) is 19.1 Å². The zero-order valence-electron chi connectivity index (χ0n) is 14.0. The van der Waals surface area contributed by atoms with Gasteiger partial charge in [0.1, 0.15) is 5.75 Å². The molecule has 0 saturated carbocycles. The Kier molecular flexibility index (Phi) is 4.76. The quantitative estimate of drug-likeness (QED) is 0.819. The number of rotatable bonds is 6. The van der Waals surface area contributed by atoms with Crippen LogP contribution in [0.2, 0.25) is 0 Å². The molecule has 2 N–H and O–H groups in total. The van der Waals surface area contributed by atoms with Gasteiger partial charge in [0.25, 0.3) is 5.91 Å². The summed E-state index contributed by atoms with van der Waals surface area (Å²) in [6, 6.07) is 6.06. The molecule has 0 radical (unpaired) electrons. The Morgan fingerprint density at radius 3 is 2.92 bits per heavy atom. The molecule has 1 fully saturated rings. The van der Waals surface area contributed by atoms with E-state index in [-0.39, 0.29) is 24.6 Å². The molecule has 1 atom stereocenters. The van der Waals surface area contributed by atoms with Crippen LogP contribution in [0.3, 0.4) is 0 Å². The summed E-state index contributed by atoms with van der Waals surface area (Å²) in [5.41, 5.74) is 2.36. The summed E-state index contributed by atoms with van der Waals surface area (Å²) in [7, 11) is 0. The third-order valence-corrected chi connectivity index (χ3v) is 4.92. The largest absolute Gasteiger partial charge is 0.484 e. The van der Waals surface area contributed by atoms with Crippen LogP contribution < -0.4 is 10.1 Å². The first-order valence-electron chi connectivity index (χ1n) is 8.44. The van der Waals surface area contributed by atoms with Gasteiger partial charge in [0, 0.05) is 18.6 Å². The third kappa shape index (κ3) is 3.87. The molecule has 130 valence electrons. The molecule has 1 amide bonds. The molecule has 6 nitrogen and oxygen atoms in total. The van der Waals surface area contributed by atoms with Crippen molar-refractivity contribution in [1.82, 2.24) is 10.2 Å². The number of carboxylic acids is 1. The van der Waals surface area contributed by atoms with Gasteiger partial charge >= 0.3 is 5.97 Å². The Balaban J connectivity index is 1.50. The molecule has 1 saturated heterocycles. The van der Waals surface area contributed by atoms with Crippen molar-refractivity contribution in [2.24, 2.45) is 0 Å². The summed E-state index contributed by atoms with van der Waals surface area (Å²) in [5, 5.41) is 11.8. The molecule has 3 rings (SSSR count). The van der Waals surface area contributed by atoms with E-state index in [0.29, 0.717) is 13.1 Å².